The van der Waals surface area contributed by atoms with E-state index < -0.39 is 20.4 Å². The molecule has 0 unspecified atom stereocenters. The molecule has 1 heterocycles. The third-order valence-corrected chi connectivity index (χ3v) is 4.53. The summed E-state index contributed by atoms with van der Waals surface area (Å²) in [6.45, 7) is 0. The van der Waals surface area contributed by atoms with Gasteiger partial charge in [0.1, 0.15) is 5.75 Å². The predicted octanol–water partition coefficient (Wildman–Crippen LogP) is 2.98. The first-order valence-corrected chi connectivity index (χ1v) is 8.98. The van der Waals surface area contributed by atoms with Gasteiger partial charge in [0.25, 0.3) is 0 Å². The third kappa shape index (κ3) is 3.66. The van der Waals surface area contributed by atoms with Gasteiger partial charge in [0, 0.05) is 30.4 Å². The van der Waals surface area contributed by atoms with Crippen molar-refractivity contribution in [2.45, 2.75) is 4.90 Å². The van der Waals surface area contributed by atoms with Crippen molar-refractivity contribution >= 4 is 15.5 Å². The summed E-state index contributed by atoms with van der Waals surface area (Å²) in [6, 6.07) is 10.4. The van der Waals surface area contributed by atoms with Crippen LogP contribution in [0.4, 0.5) is 5.69 Å². The van der Waals surface area contributed by atoms with Gasteiger partial charge in [-0.3, -0.25) is 10.1 Å². The van der Waals surface area contributed by atoms with Gasteiger partial charge in [0.05, 0.1) is 16.1 Å². The highest BCUT2D eigenvalue weighted by atomic mass is 32.2. The lowest BCUT2D eigenvalue weighted by Gasteiger charge is -2.08. The standard InChI is InChI=1S/C16H13N3O5S/c1-25(22,23)14-6-7-16(15(10-14)19(20)21)24-13-4-2-12(3-5-13)18-9-8-17-11-18/h2-11H,1H3. The number of nitro groups is 1. The Kier molecular flexibility index (Phi) is 4.24. The number of benzene rings is 2. The van der Waals surface area contributed by atoms with Crippen LogP contribution in [-0.4, -0.2) is 29.1 Å². The average molecular weight is 359 g/mol. The van der Waals surface area contributed by atoms with Crippen molar-refractivity contribution in [2.24, 2.45) is 0 Å². The van der Waals surface area contributed by atoms with Gasteiger partial charge >= 0.3 is 5.69 Å². The number of rotatable bonds is 5. The molecule has 3 aromatic rings. The van der Waals surface area contributed by atoms with Gasteiger partial charge in [0.15, 0.2) is 9.84 Å². The van der Waals surface area contributed by atoms with Crippen LogP contribution >= 0.6 is 0 Å². The molecular formula is C16H13N3O5S. The Balaban J connectivity index is 1.91. The van der Waals surface area contributed by atoms with Crippen LogP contribution in [-0.2, 0) is 9.84 Å². The summed E-state index contributed by atoms with van der Waals surface area (Å²) >= 11 is 0. The topological polar surface area (TPSA) is 104 Å². The van der Waals surface area contributed by atoms with Crippen molar-refractivity contribution in [3.8, 4) is 17.2 Å². The lowest BCUT2D eigenvalue weighted by molar-refractivity contribution is -0.385. The molecule has 0 aliphatic rings. The summed E-state index contributed by atoms with van der Waals surface area (Å²) in [5.74, 6) is 0.354. The number of aromatic nitrogens is 2. The number of sulfone groups is 1. The Bertz CT molecular complexity index is 1010. The Morgan fingerprint density at radius 1 is 1.16 bits per heavy atom. The van der Waals surface area contributed by atoms with Gasteiger partial charge in [-0.1, -0.05) is 0 Å². The van der Waals surface area contributed by atoms with E-state index in [2.05, 4.69) is 4.98 Å². The number of nitro benzene ring substituents is 1. The molecular weight excluding hydrogens is 346 g/mol. The SMILES string of the molecule is CS(=O)(=O)c1ccc(Oc2ccc(-n3ccnc3)cc2)c([N+](=O)[O-])c1. The van der Waals surface area contributed by atoms with Crippen LogP contribution < -0.4 is 4.74 Å². The fourth-order valence-electron chi connectivity index (χ4n) is 2.18. The molecule has 0 radical (unpaired) electrons. The van der Waals surface area contributed by atoms with E-state index in [-0.39, 0.29) is 10.6 Å². The highest BCUT2D eigenvalue weighted by Crippen LogP contribution is 2.33. The molecule has 0 saturated heterocycles. The second-order valence-corrected chi connectivity index (χ2v) is 7.24. The minimum Gasteiger partial charge on any atom is -0.450 e. The second-order valence-electron chi connectivity index (χ2n) is 5.22. The van der Waals surface area contributed by atoms with Crippen LogP contribution in [0.2, 0.25) is 0 Å². The quantitative estimate of drug-likeness (QED) is 0.512. The van der Waals surface area contributed by atoms with Crippen molar-refractivity contribution in [3.63, 3.8) is 0 Å². The maximum Gasteiger partial charge on any atom is 0.312 e. The zero-order chi connectivity index (χ0) is 18.0. The third-order valence-electron chi connectivity index (χ3n) is 3.42. The van der Waals surface area contributed by atoms with E-state index >= 15 is 0 Å². The number of hydrogen-bond acceptors (Lipinski definition) is 6. The first-order chi connectivity index (χ1) is 11.8. The average Bonchev–Trinajstić information content (AvgIpc) is 3.09. The van der Waals surface area contributed by atoms with Crippen LogP contribution in [0.25, 0.3) is 5.69 Å². The summed E-state index contributed by atoms with van der Waals surface area (Å²) in [6.07, 6.45) is 6.06. The fourth-order valence-corrected chi connectivity index (χ4v) is 2.82. The monoisotopic (exact) mass is 359 g/mol. The molecule has 0 spiro atoms. The van der Waals surface area contributed by atoms with Crippen LogP contribution in [0.3, 0.4) is 0 Å². The van der Waals surface area contributed by atoms with Crippen molar-refractivity contribution in [1.82, 2.24) is 9.55 Å². The van der Waals surface area contributed by atoms with Gasteiger partial charge in [-0.15, -0.1) is 0 Å². The normalized spacial score (nSPS) is 11.2. The molecule has 0 saturated carbocycles. The van der Waals surface area contributed by atoms with Crippen LogP contribution in [0, 0.1) is 10.1 Å². The number of nitrogens with zero attached hydrogens (tertiary/aromatic N) is 3. The van der Waals surface area contributed by atoms with Gasteiger partial charge in [-0.2, -0.15) is 0 Å². The van der Waals surface area contributed by atoms with Crippen molar-refractivity contribution < 1.29 is 18.1 Å². The molecule has 0 aliphatic carbocycles. The van der Waals surface area contributed by atoms with E-state index in [1.54, 1.807) is 47.6 Å². The maximum absolute atomic E-state index is 11.6. The summed E-state index contributed by atoms with van der Waals surface area (Å²) in [7, 11) is -3.55. The summed E-state index contributed by atoms with van der Waals surface area (Å²) in [5, 5.41) is 11.2. The molecule has 3 rings (SSSR count). The lowest BCUT2D eigenvalue weighted by atomic mass is 10.2. The first-order valence-electron chi connectivity index (χ1n) is 7.09. The predicted molar refractivity (Wildman–Crippen MR) is 89.8 cm³/mol. The minimum absolute atomic E-state index is 0.0345. The number of hydrogen-bond donors (Lipinski definition) is 0. The zero-order valence-electron chi connectivity index (χ0n) is 13.1. The maximum atomic E-state index is 11.6. The van der Waals surface area contributed by atoms with Crippen molar-refractivity contribution in [1.29, 1.82) is 0 Å². The largest absolute Gasteiger partial charge is 0.450 e. The molecule has 8 nitrogen and oxygen atoms in total. The van der Waals surface area contributed by atoms with Gasteiger partial charge in [0.2, 0.25) is 5.75 Å². The summed E-state index contributed by atoms with van der Waals surface area (Å²) in [4.78, 5) is 14.4. The second kappa shape index (κ2) is 6.36. The van der Waals surface area contributed by atoms with E-state index in [9.17, 15) is 18.5 Å². The zero-order valence-corrected chi connectivity index (χ0v) is 13.9. The molecule has 2 aromatic carbocycles. The Hall–Kier alpha value is -3.20. The molecule has 128 valence electrons. The Labute approximate surface area is 143 Å². The minimum atomic E-state index is -3.55. The Morgan fingerprint density at radius 3 is 2.44 bits per heavy atom. The van der Waals surface area contributed by atoms with E-state index in [1.165, 1.54) is 12.1 Å². The van der Waals surface area contributed by atoms with Crippen molar-refractivity contribution in [3.05, 3.63) is 71.3 Å². The van der Waals surface area contributed by atoms with E-state index in [0.717, 1.165) is 18.0 Å². The van der Waals surface area contributed by atoms with E-state index in [4.69, 9.17) is 4.74 Å². The summed E-state index contributed by atoms with van der Waals surface area (Å²) < 4.78 is 30.5. The lowest BCUT2D eigenvalue weighted by Crippen LogP contribution is -2.00. The Morgan fingerprint density at radius 2 is 1.88 bits per heavy atom. The van der Waals surface area contributed by atoms with Gasteiger partial charge in [-0.25, -0.2) is 13.4 Å². The fraction of sp³-hybridized carbons (Fsp3) is 0.0625. The molecule has 0 bridgehead atoms. The van der Waals surface area contributed by atoms with Crippen molar-refractivity contribution in [2.75, 3.05) is 6.26 Å². The molecule has 0 N–H and O–H groups in total. The van der Waals surface area contributed by atoms with Crippen LogP contribution in [0.1, 0.15) is 0 Å². The molecule has 1 aromatic heterocycles. The molecule has 25 heavy (non-hydrogen) atoms. The molecule has 0 fully saturated rings. The molecule has 0 amide bonds. The van der Waals surface area contributed by atoms with Crippen LogP contribution in [0.15, 0.2) is 66.1 Å². The van der Waals surface area contributed by atoms with Crippen LogP contribution in [0.5, 0.6) is 11.5 Å². The van der Waals surface area contributed by atoms with Gasteiger partial charge in [-0.05, 0) is 36.4 Å². The van der Waals surface area contributed by atoms with E-state index in [1.807, 2.05) is 0 Å². The number of imidazole rings is 1. The first kappa shape index (κ1) is 16.7. The summed E-state index contributed by atoms with van der Waals surface area (Å²) in [5.41, 5.74) is 0.438. The van der Waals surface area contributed by atoms with E-state index in [0.29, 0.717) is 5.75 Å². The molecule has 9 heteroatoms. The molecule has 0 atom stereocenters. The highest BCUT2D eigenvalue weighted by molar-refractivity contribution is 7.90. The molecule has 0 aliphatic heterocycles. The smallest absolute Gasteiger partial charge is 0.312 e. The highest BCUT2D eigenvalue weighted by Gasteiger charge is 2.20. The van der Waals surface area contributed by atoms with Gasteiger partial charge < -0.3 is 9.30 Å². The number of ether oxygens (including phenoxy) is 1.